The average Bonchev–Trinajstić information content (AvgIpc) is 3.36. The van der Waals surface area contributed by atoms with Crippen LogP contribution in [0, 0.1) is 0 Å². The Kier molecular flexibility index (Phi) is 5.47. The summed E-state index contributed by atoms with van der Waals surface area (Å²) in [6, 6.07) is 16.3. The van der Waals surface area contributed by atoms with Gasteiger partial charge in [-0.1, -0.05) is 48.5 Å². The van der Waals surface area contributed by atoms with Gasteiger partial charge >= 0.3 is 0 Å². The number of hydrogen-bond donors (Lipinski definition) is 0. The molecular formula is C23H28N2O. The lowest BCUT2D eigenvalue weighted by Gasteiger charge is -2.19. The first-order valence-corrected chi connectivity index (χ1v) is 9.96. The van der Waals surface area contributed by atoms with Gasteiger partial charge in [0.25, 0.3) is 0 Å². The van der Waals surface area contributed by atoms with Gasteiger partial charge in [-0.25, -0.2) is 0 Å². The molecule has 0 amide bonds. The van der Waals surface area contributed by atoms with E-state index in [9.17, 15) is 4.79 Å². The zero-order valence-corrected chi connectivity index (χ0v) is 15.5. The number of rotatable bonds is 6. The Morgan fingerprint density at radius 2 is 1.04 bits per heavy atom. The first kappa shape index (κ1) is 17.4. The van der Waals surface area contributed by atoms with E-state index in [4.69, 9.17) is 0 Å². The summed E-state index contributed by atoms with van der Waals surface area (Å²) in [5, 5.41) is 0. The quantitative estimate of drug-likeness (QED) is 0.734. The van der Waals surface area contributed by atoms with Gasteiger partial charge in [-0.15, -0.1) is 0 Å². The van der Waals surface area contributed by atoms with Crippen LogP contribution in [0.15, 0.2) is 48.5 Å². The van der Waals surface area contributed by atoms with Crippen molar-refractivity contribution in [1.29, 1.82) is 0 Å². The molecule has 136 valence electrons. The summed E-state index contributed by atoms with van der Waals surface area (Å²) in [5.74, 6) is 0.176. The molecule has 2 aliphatic heterocycles. The van der Waals surface area contributed by atoms with Crippen LogP contribution in [-0.4, -0.2) is 41.8 Å². The molecule has 2 aliphatic rings. The summed E-state index contributed by atoms with van der Waals surface area (Å²) in [4.78, 5) is 18.3. The largest absolute Gasteiger partial charge is 0.299 e. The topological polar surface area (TPSA) is 23.6 Å². The zero-order chi connectivity index (χ0) is 17.8. The highest BCUT2D eigenvalue weighted by Gasteiger charge is 2.21. The van der Waals surface area contributed by atoms with Crippen molar-refractivity contribution in [2.45, 2.75) is 38.8 Å². The van der Waals surface area contributed by atoms with Crippen LogP contribution < -0.4 is 0 Å². The second kappa shape index (κ2) is 8.15. The first-order valence-electron chi connectivity index (χ1n) is 9.96. The van der Waals surface area contributed by atoms with Gasteiger partial charge in [-0.3, -0.25) is 14.6 Å². The predicted molar refractivity (Wildman–Crippen MR) is 105 cm³/mol. The Morgan fingerprint density at radius 3 is 1.46 bits per heavy atom. The molecule has 0 N–H and O–H groups in total. The van der Waals surface area contributed by atoms with E-state index < -0.39 is 0 Å². The van der Waals surface area contributed by atoms with E-state index in [-0.39, 0.29) is 5.78 Å². The van der Waals surface area contributed by atoms with Crippen LogP contribution in [0.3, 0.4) is 0 Å². The van der Waals surface area contributed by atoms with Crippen LogP contribution in [0.25, 0.3) is 0 Å². The fourth-order valence-electron chi connectivity index (χ4n) is 4.27. The zero-order valence-electron chi connectivity index (χ0n) is 15.5. The van der Waals surface area contributed by atoms with Crippen LogP contribution in [0.2, 0.25) is 0 Å². The van der Waals surface area contributed by atoms with Gasteiger partial charge in [0, 0.05) is 24.2 Å². The maximum absolute atomic E-state index is 13.4. The molecule has 0 atom stereocenters. The Hall–Kier alpha value is -1.97. The highest BCUT2D eigenvalue weighted by molar-refractivity contribution is 6.10. The smallest absolute Gasteiger partial charge is 0.193 e. The van der Waals surface area contributed by atoms with Crippen molar-refractivity contribution in [2.24, 2.45) is 0 Å². The number of carbonyl (C=O) groups excluding carboxylic acids is 1. The molecule has 3 nitrogen and oxygen atoms in total. The number of hydrogen-bond acceptors (Lipinski definition) is 3. The van der Waals surface area contributed by atoms with Crippen molar-refractivity contribution in [3.8, 4) is 0 Å². The molecule has 26 heavy (non-hydrogen) atoms. The molecule has 0 unspecified atom stereocenters. The van der Waals surface area contributed by atoms with E-state index >= 15 is 0 Å². The molecule has 0 saturated carbocycles. The molecule has 4 rings (SSSR count). The third-order valence-corrected chi connectivity index (χ3v) is 5.71. The molecule has 0 spiro atoms. The van der Waals surface area contributed by atoms with Crippen molar-refractivity contribution >= 4 is 5.78 Å². The Bertz CT molecular complexity index is 695. The van der Waals surface area contributed by atoms with Crippen LogP contribution in [0.5, 0.6) is 0 Å². The van der Waals surface area contributed by atoms with E-state index in [0.717, 1.165) is 61.5 Å². The van der Waals surface area contributed by atoms with E-state index in [1.807, 2.05) is 24.3 Å². The number of nitrogens with zero attached hydrogens (tertiary/aromatic N) is 2. The molecule has 2 aromatic rings. The van der Waals surface area contributed by atoms with Crippen LogP contribution in [0.1, 0.15) is 52.7 Å². The third kappa shape index (κ3) is 3.89. The van der Waals surface area contributed by atoms with Gasteiger partial charge in [0.15, 0.2) is 5.78 Å². The van der Waals surface area contributed by atoms with Crippen molar-refractivity contribution < 1.29 is 4.79 Å². The molecule has 2 fully saturated rings. The summed E-state index contributed by atoms with van der Waals surface area (Å²) < 4.78 is 0. The van der Waals surface area contributed by atoms with Crippen LogP contribution in [-0.2, 0) is 13.1 Å². The molecule has 0 aromatic heterocycles. The summed E-state index contributed by atoms with van der Waals surface area (Å²) in [7, 11) is 0. The van der Waals surface area contributed by atoms with Gasteiger partial charge < -0.3 is 0 Å². The lowest BCUT2D eigenvalue weighted by molar-refractivity contribution is 0.103. The normalized spacial score (nSPS) is 18.5. The number of carbonyl (C=O) groups is 1. The SMILES string of the molecule is O=C(c1ccccc1CN1CCCC1)c1ccccc1CN1CCCC1. The van der Waals surface area contributed by atoms with Gasteiger partial charge in [0.2, 0.25) is 0 Å². The second-order valence-electron chi connectivity index (χ2n) is 7.61. The summed E-state index contributed by atoms with van der Waals surface area (Å²) in [6.07, 6.45) is 5.09. The molecule has 2 aromatic carbocycles. The standard InChI is InChI=1S/C23H28N2O/c26-23(21-11-3-1-9-19(21)17-24-13-5-6-14-24)22-12-4-2-10-20(22)18-25-15-7-8-16-25/h1-4,9-12H,5-8,13-18H2. The minimum atomic E-state index is 0.176. The van der Waals surface area contributed by atoms with Crippen molar-refractivity contribution in [3.63, 3.8) is 0 Å². The predicted octanol–water partition coefficient (Wildman–Crippen LogP) is 4.11. The van der Waals surface area contributed by atoms with E-state index in [0.29, 0.717) is 0 Å². The lowest BCUT2D eigenvalue weighted by atomic mass is 9.94. The molecule has 3 heteroatoms. The fourth-order valence-corrected chi connectivity index (χ4v) is 4.27. The van der Waals surface area contributed by atoms with Gasteiger partial charge in [-0.05, 0) is 63.0 Å². The number of ketones is 1. The van der Waals surface area contributed by atoms with Gasteiger partial charge in [-0.2, -0.15) is 0 Å². The Labute approximate surface area is 156 Å². The minimum absolute atomic E-state index is 0.176. The van der Waals surface area contributed by atoms with E-state index in [2.05, 4.69) is 34.1 Å². The molecule has 2 heterocycles. The van der Waals surface area contributed by atoms with Crippen LogP contribution >= 0.6 is 0 Å². The second-order valence-corrected chi connectivity index (χ2v) is 7.61. The lowest BCUT2D eigenvalue weighted by Crippen LogP contribution is -2.22. The Balaban J connectivity index is 1.59. The first-order chi connectivity index (χ1) is 12.8. The van der Waals surface area contributed by atoms with E-state index in [1.165, 1.54) is 25.7 Å². The maximum Gasteiger partial charge on any atom is 0.193 e. The van der Waals surface area contributed by atoms with Gasteiger partial charge in [0.05, 0.1) is 0 Å². The maximum atomic E-state index is 13.4. The van der Waals surface area contributed by atoms with Crippen molar-refractivity contribution in [3.05, 3.63) is 70.8 Å². The molecular weight excluding hydrogens is 320 g/mol. The van der Waals surface area contributed by atoms with Crippen LogP contribution in [0.4, 0.5) is 0 Å². The number of benzene rings is 2. The fraction of sp³-hybridized carbons (Fsp3) is 0.435. The molecule has 0 aliphatic carbocycles. The molecule has 2 saturated heterocycles. The monoisotopic (exact) mass is 348 g/mol. The minimum Gasteiger partial charge on any atom is -0.299 e. The highest BCUT2D eigenvalue weighted by atomic mass is 16.1. The third-order valence-electron chi connectivity index (χ3n) is 5.71. The summed E-state index contributed by atoms with van der Waals surface area (Å²) in [5.41, 5.74) is 4.06. The van der Waals surface area contributed by atoms with Crippen molar-refractivity contribution in [1.82, 2.24) is 9.80 Å². The molecule has 0 bridgehead atoms. The van der Waals surface area contributed by atoms with Gasteiger partial charge in [0.1, 0.15) is 0 Å². The van der Waals surface area contributed by atoms with Crippen molar-refractivity contribution in [2.75, 3.05) is 26.2 Å². The average molecular weight is 348 g/mol. The highest BCUT2D eigenvalue weighted by Crippen LogP contribution is 2.22. The summed E-state index contributed by atoms with van der Waals surface area (Å²) >= 11 is 0. The number of likely N-dealkylation sites (tertiary alicyclic amines) is 2. The molecule has 0 radical (unpaired) electrons. The van der Waals surface area contributed by atoms with E-state index in [1.54, 1.807) is 0 Å². The Morgan fingerprint density at radius 1 is 0.654 bits per heavy atom. The summed E-state index contributed by atoms with van der Waals surface area (Å²) in [6.45, 7) is 6.36.